The molecule has 0 unspecified atom stereocenters. The molecule has 2 aromatic rings. The number of benzene rings is 1. The van der Waals surface area contributed by atoms with Gasteiger partial charge in [0.2, 0.25) is 5.95 Å². The van der Waals surface area contributed by atoms with Crippen LogP contribution in [0.1, 0.15) is 13.8 Å². The lowest BCUT2D eigenvalue weighted by molar-refractivity contribution is 0.288. The van der Waals surface area contributed by atoms with E-state index in [1.165, 1.54) is 0 Å². The number of nitrogens with one attached hydrogen (secondary N) is 1. The number of piperazine rings is 1. The molecule has 1 saturated heterocycles. The maximum absolute atomic E-state index is 5.67. The summed E-state index contributed by atoms with van der Waals surface area (Å²) in [5.41, 5.74) is 0.885. The van der Waals surface area contributed by atoms with E-state index in [-0.39, 0.29) is 0 Å². The summed E-state index contributed by atoms with van der Waals surface area (Å²) >= 11 is 0. The van der Waals surface area contributed by atoms with E-state index in [9.17, 15) is 0 Å². The first-order chi connectivity index (χ1) is 10.8. The van der Waals surface area contributed by atoms with Crippen molar-refractivity contribution in [2.24, 2.45) is 0 Å². The Labute approximate surface area is 130 Å². The maximum Gasteiger partial charge on any atom is 0.225 e. The molecule has 3 rings (SSSR count). The standard InChI is InChI=1S/C16H22N4O2/c1-3-21-14-9-12-11-18-16(20-7-5-17-6-8-20)19-13(12)10-15(14)22-4-2/h9-11,17H,3-8H2,1-2H3. The summed E-state index contributed by atoms with van der Waals surface area (Å²) in [5, 5.41) is 4.30. The van der Waals surface area contributed by atoms with Crippen molar-refractivity contribution in [1.82, 2.24) is 15.3 Å². The molecule has 0 radical (unpaired) electrons. The quantitative estimate of drug-likeness (QED) is 0.909. The molecule has 0 aliphatic carbocycles. The van der Waals surface area contributed by atoms with Crippen molar-refractivity contribution in [3.05, 3.63) is 18.3 Å². The van der Waals surface area contributed by atoms with Crippen molar-refractivity contribution < 1.29 is 9.47 Å². The topological polar surface area (TPSA) is 59.5 Å². The zero-order valence-electron chi connectivity index (χ0n) is 13.1. The SMILES string of the molecule is CCOc1cc2cnc(N3CCNCC3)nc2cc1OCC. The van der Waals surface area contributed by atoms with Crippen LogP contribution in [0.3, 0.4) is 0 Å². The molecular formula is C16H22N4O2. The fourth-order valence-corrected chi connectivity index (χ4v) is 2.58. The van der Waals surface area contributed by atoms with Gasteiger partial charge in [0.25, 0.3) is 0 Å². The smallest absolute Gasteiger partial charge is 0.225 e. The third kappa shape index (κ3) is 3.06. The lowest BCUT2D eigenvalue weighted by Crippen LogP contribution is -2.44. The summed E-state index contributed by atoms with van der Waals surface area (Å²) in [6.07, 6.45) is 1.86. The van der Waals surface area contributed by atoms with Crippen LogP contribution in [-0.2, 0) is 0 Å². The van der Waals surface area contributed by atoms with E-state index in [4.69, 9.17) is 14.5 Å². The number of nitrogens with zero attached hydrogens (tertiary/aromatic N) is 3. The lowest BCUT2D eigenvalue weighted by atomic mass is 10.2. The van der Waals surface area contributed by atoms with Crippen LogP contribution < -0.4 is 19.7 Å². The van der Waals surface area contributed by atoms with Crippen LogP contribution in [0.4, 0.5) is 5.95 Å². The molecule has 118 valence electrons. The molecule has 0 saturated carbocycles. The van der Waals surface area contributed by atoms with Crippen molar-refractivity contribution in [2.45, 2.75) is 13.8 Å². The van der Waals surface area contributed by atoms with E-state index in [1.807, 2.05) is 32.2 Å². The van der Waals surface area contributed by atoms with Crippen LogP contribution in [0, 0.1) is 0 Å². The Morgan fingerprint density at radius 1 is 1.09 bits per heavy atom. The summed E-state index contributed by atoms with van der Waals surface area (Å²) < 4.78 is 11.3. The fraction of sp³-hybridized carbons (Fsp3) is 0.500. The zero-order valence-corrected chi connectivity index (χ0v) is 13.1. The highest BCUT2D eigenvalue weighted by Crippen LogP contribution is 2.32. The molecule has 6 nitrogen and oxygen atoms in total. The molecule has 1 aliphatic rings. The molecule has 1 N–H and O–H groups in total. The van der Waals surface area contributed by atoms with Gasteiger partial charge in [-0.25, -0.2) is 9.97 Å². The Hall–Kier alpha value is -2.08. The molecular weight excluding hydrogens is 280 g/mol. The van der Waals surface area contributed by atoms with Gasteiger partial charge in [-0.2, -0.15) is 0 Å². The number of hydrogen-bond donors (Lipinski definition) is 1. The van der Waals surface area contributed by atoms with Crippen molar-refractivity contribution in [3.8, 4) is 11.5 Å². The minimum Gasteiger partial charge on any atom is -0.490 e. The molecule has 6 heteroatoms. The van der Waals surface area contributed by atoms with Gasteiger partial charge in [0, 0.05) is 43.8 Å². The van der Waals surface area contributed by atoms with Gasteiger partial charge in [-0.05, 0) is 19.9 Å². The van der Waals surface area contributed by atoms with Crippen LogP contribution in [0.5, 0.6) is 11.5 Å². The predicted octanol–water partition coefficient (Wildman–Crippen LogP) is 1.84. The van der Waals surface area contributed by atoms with Crippen molar-refractivity contribution in [3.63, 3.8) is 0 Å². The number of rotatable bonds is 5. The van der Waals surface area contributed by atoms with Gasteiger partial charge in [0.15, 0.2) is 11.5 Å². The first-order valence-electron chi connectivity index (χ1n) is 7.84. The third-order valence-corrected chi connectivity index (χ3v) is 3.63. The predicted molar refractivity (Wildman–Crippen MR) is 87.0 cm³/mol. The number of fused-ring (bicyclic) bond motifs is 1. The van der Waals surface area contributed by atoms with Crippen LogP contribution in [-0.4, -0.2) is 49.4 Å². The van der Waals surface area contributed by atoms with Crippen molar-refractivity contribution in [1.29, 1.82) is 0 Å². The zero-order chi connectivity index (χ0) is 15.4. The number of hydrogen-bond acceptors (Lipinski definition) is 6. The first kappa shape index (κ1) is 14.8. The molecule has 1 aromatic heterocycles. The van der Waals surface area contributed by atoms with E-state index >= 15 is 0 Å². The molecule has 0 bridgehead atoms. The number of ether oxygens (including phenoxy) is 2. The second-order valence-corrected chi connectivity index (χ2v) is 5.13. The molecule has 0 atom stereocenters. The van der Waals surface area contributed by atoms with E-state index in [0.29, 0.717) is 13.2 Å². The van der Waals surface area contributed by atoms with E-state index in [0.717, 1.165) is 54.5 Å². The van der Waals surface area contributed by atoms with Gasteiger partial charge in [0.05, 0.1) is 18.7 Å². The number of anilines is 1. The van der Waals surface area contributed by atoms with Gasteiger partial charge in [0.1, 0.15) is 0 Å². The average Bonchev–Trinajstić information content (AvgIpc) is 2.56. The molecule has 22 heavy (non-hydrogen) atoms. The summed E-state index contributed by atoms with van der Waals surface area (Å²) in [4.78, 5) is 11.4. The van der Waals surface area contributed by atoms with Gasteiger partial charge < -0.3 is 19.7 Å². The van der Waals surface area contributed by atoms with Crippen LogP contribution in [0.2, 0.25) is 0 Å². The van der Waals surface area contributed by atoms with Crippen molar-refractivity contribution in [2.75, 3.05) is 44.3 Å². The Bertz CT molecular complexity index is 641. The highest BCUT2D eigenvalue weighted by molar-refractivity contribution is 5.82. The summed E-state index contributed by atoms with van der Waals surface area (Å²) in [7, 11) is 0. The monoisotopic (exact) mass is 302 g/mol. The van der Waals surface area contributed by atoms with Gasteiger partial charge in [-0.1, -0.05) is 0 Å². The normalized spacial score (nSPS) is 15.1. The summed E-state index contributed by atoms with van der Waals surface area (Å²) in [5.74, 6) is 2.26. The van der Waals surface area contributed by atoms with Crippen LogP contribution in [0.25, 0.3) is 10.9 Å². The highest BCUT2D eigenvalue weighted by atomic mass is 16.5. The first-order valence-corrected chi connectivity index (χ1v) is 7.84. The Kier molecular flexibility index (Phi) is 4.58. The Morgan fingerprint density at radius 3 is 2.45 bits per heavy atom. The van der Waals surface area contributed by atoms with Gasteiger partial charge in [-0.15, -0.1) is 0 Å². The molecule has 2 heterocycles. The van der Waals surface area contributed by atoms with Crippen LogP contribution in [0.15, 0.2) is 18.3 Å². The molecule has 1 fully saturated rings. The Balaban J connectivity index is 1.97. The van der Waals surface area contributed by atoms with E-state index in [1.54, 1.807) is 0 Å². The fourth-order valence-electron chi connectivity index (χ4n) is 2.58. The largest absolute Gasteiger partial charge is 0.490 e. The third-order valence-electron chi connectivity index (χ3n) is 3.63. The highest BCUT2D eigenvalue weighted by Gasteiger charge is 2.15. The molecule has 1 aliphatic heterocycles. The lowest BCUT2D eigenvalue weighted by Gasteiger charge is -2.27. The van der Waals surface area contributed by atoms with Gasteiger partial charge in [-0.3, -0.25) is 0 Å². The van der Waals surface area contributed by atoms with E-state index < -0.39 is 0 Å². The molecule has 0 amide bonds. The summed E-state index contributed by atoms with van der Waals surface area (Å²) in [6, 6.07) is 3.89. The molecule has 1 aromatic carbocycles. The maximum atomic E-state index is 5.67. The minimum atomic E-state index is 0.599. The van der Waals surface area contributed by atoms with Gasteiger partial charge >= 0.3 is 0 Å². The summed E-state index contributed by atoms with van der Waals surface area (Å²) in [6.45, 7) is 8.92. The number of aromatic nitrogens is 2. The average molecular weight is 302 g/mol. The second-order valence-electron chi connectivity index (χ2n) is 5.13. The molecule has 0 spiro atoms. The minimum absolute atomic E-state index is 0.599. The van der Waals surface area contributed by atoms with E-state index in [2.05, 4.69) is 15.2 Å². The Morgan fingerprint density at radius 2 is 1.77 bits per heavy atom. The second kappa shape index (κ2) is 6.79. The van der Waals surface area contributed by atoms with Crippen LogP contribution >= 0.6 is 0 Å². The van der Waals surface area contributed by atoms with Crippen molar-refractivity contribution >= 4 is 16.9 Å².